The van der Waals surface area contributed by atoms with Crippen molar-refractivity contribution in [3.05, 3.63) is 47.3 Å². The molecule has 0 saturated heterocycles. The van der Waals surface area contributed by atoms with Gasteiger partial charge in [-0.2, -0.15) is 13.2 Å². The molecule has 0 aliphatic rings. The Morgan fingerprint density at radius 3 is 2.58 bits per heavy atom. The van der Waals surface area contributed by atoms with Gasteiger partial charge in [0.05, 0.1) is 11.3 Å². The highest BCUT2D eigenvalue weighted by Gasteiger charge is 2.33. The van der Waals surface area contributed by atoms with Gasteiger partial charge in [-0.25, -0.2) is 0 Å². The number of amides is 1. The van der Waals surface area contributed by atoms with Crippen molar-refractivity contribution in [2.75, 3.05) is 5.32 Å². The minimum atomic E-state index is -4.54. The van der Waals surface area contributed by atoms with E-state index in [1.54, 1.807) is 6.92 Å². The molecule has 1 N–H and O–H groups in total. The van der Waals surface area contributed by atoms with Crippen LogP contribution in [0.25, 0.3) is 0 Å². The Morgan fingerprint density at radius 2 is 2.00 bits per heavy atom. The number of carbonyl (C=O) groups is 1. The Balaban J connectivity index is 2.30. The summed E-state index contributed by atoms with van der Waals surface area (Å²) in [4.78, 5) is 11.8. The number of rotatable bonds is 2. The monoisotopic (exact) mass is 270 g/mol. The highest BCUT2D eigenvalue weighted by atomic mass is 19.4. The first-order valence-corrected chi connectivity index (χ1v) is 5.28. The quantitative estimate of drug-likeness (QED) is 0.911. The molecule has 1 heterocycles. The van der Waals surface area contributed by atoms with Gasteiger partial charge < -0.3 is 9.84 Å². The first kappa shape index (κ1) is 13.1. The van der Waals surface area contributed by atoms with E-state index in [0.29, 0.717) is 5.56 Å². The van der Waals surface area contributed by atoms with Gasteiger partial charge in [0.25, 0.3) is 5.91 Å². The molecule has 19 heavy (non-hydrogen) atoms. The Hall–Kier alpha value is -2.31. The number of hydrogen-bond acceptors (Lipinski definition) is 3. The lowest BCUT2D eigenvalue weighted by Crippen LogP contribution is -2.17. The number of anilines is 1. The van der Waals surface area contributed by atoms with E-state index in [1.807, 2.05) is 0 Å². The third kappa shape index (κ3) is 2.75. The van der Waals surface area contributed by atoms with Crippen LogP contribution in [0.5, 0.6) is 0 Å². The van der Waals surface area contributed by atoms with Crippen molar-refractivity contribution >= 4 is 11.6 Å². The number of aromatic nitrogens is 1. The largest absolute Gasteiger partial charge is 0.418 e. The van der Waals surface area contributed by atoms with Crippen molar-refractivity contribution in [3.8, 4) is 0 Å². The SMILES string of the molecule is Cc1conc1C(=O)Nc1ccccc1C(F)(F)F. The van der Waals surface area contributed by atoms with Crippen molar-refractivity contribution in [1.82, 2.24) is 5.16 Å². The van der Waals surface area contributed by atoms with Crippen LogP contribution >= 0.6 is 0 Å². The average molecular weight is 270 g/mol. The molecular formula is C12H9F3N2O2. The van der Waals surface area contributed by atoms with Gasteiger partial charge in [-0.1, -0.05) is 17.3 Å². The zero-order valence-electron chi connectivity index (χ0n) is 9.78. The molecule has 0 unspecified atom stereocenters. The molecule has 1 aromatic carbocycles. The third-order valence-electron chi connectivity index (χ3n) is 2.44. The third-order valence-corrected chi connectivity index (χ3v) is 2.44. The standard InChI is InChI=1S/C12H9F3N2O2/c1-7-6-19-17-10(7)11(18)16-9-5-3-2-4-8(9)12(13,14)15/h2-6H,1H3,(H,16,18). The average Bonchev–Trinajstić information content (AvgIpc) is 2.75. The van der Waals surface area contributed by atoms with Crippen LogP contribution in [0.4, 0.5) is 18.9 Å². The van der Waals surface area contributed by atoms with Crippen LogP contribution in [-0.2, 0) is 6.18 Å². The van der Waals surface area contributed by atoms with Crippen molar-refractivity contribution in [3.63, 3.8) is 0 Å². The number of carbonyl (C=O) groups excluding carboxylic acids is 1. The van der Waals surface area contributed by atoms with Crippen molar-refractivity contribution < 1.29 is 22.5 Å². The lowest BCUT2D eigenvalue weighted by molar-refractivity contribution is -0.136. The Labute approximate surface area is 106 Å². The van der Waals surface area contributed by atoms with E-state index in [1.165, 1.54) is 24.5 Å². The number of nitrogens with one attached hydrogen (secondary N) is 1. The number of alkyl halides is 3. The summed E-state index contributed by atoms with van der Waals surface area (Å²) >= 11 is 0. The Morgan fingerprint density at radius 1 is 1.32 bits per heavy atom. The van der Waals surface area contributed by atoms with Gasteiger partial charge in [0.1, 0.15) is 6.26 Å². The van der Waals surface area contributed by atoms with Gasteiger partial charge in [0.15, 0.2) is 5.69 Å². The van der Waals surface area contributed by atoms with Crippen LogP contribution in [0, 0.1) is 6.92 Å². The predicted molar refractivity (Wildman–Crippen MR) is 60.6 cm³/mol. The molecule has 0 aliphatic heterocycles. The fraction of sp³-hybridized carbons (Fsp3) is 0.167. The summed E-state index contributed by atoms with van der Waals surface area (Å²) in [5.41, 5.74) is -0.828. The summed E-state index contributed by atoms with van der Waals surface area (Å²) in [6.07, 6.45) is -3.30. The second-order valence-corrected chi connectivity index (χ2v) is 3.84. The Kier molecular flexibility index (Phi) is 3.28. The van der Waals surface area contributed by atoms with E-state index in [-0.39, 0.29) is 11.4 Å². The van der Waals surface area contributed by atoms with Gasteiger partial charge in [0, 0.05) is 5.56 Å². The highest BCUT2D eigenvalue weighted by molar-refractivity contribution is 6.04. The molecule has 0 radical (unpaired) electrons. The van der Waals surface area contributed by atoms with Crippen LogP contribution in [0.1, 0.15) is 21.6 Å². The van der Waals surface area contributed by atoms with Crippen LogP contribution in [0.2, 0.25) is 0 Å². The fourth-order valence-corrected chi connectivity index (χ4v) is 1.53. The second-order valence-electron chi connectivity index (χ2n) is 3.84. The van der Waals surface area contributed by atoms with E-state index in [4.69, 9.17) is 0 Å². The molecule has 4 nitrogen and oxygen atoms in total. The van der Waals surface area contributed by atoms with Crippen LogP contribution in [-0.4, -0.2) is 11.1 Å². The molecule has 0 aliphatic carbocycles. The summed E-state index contributed by atoms with van der Waals surface area (Å²) in [6, 6.07) is 4.72. The molecular weight excluding hydrogens is 261 g/mol. The molecule has 2 aromatic rings. The number of halogens is 3. The van der Waals surface area contributed by atoms with Crippen LogP contribution in [0.3, 0.4) is 0 Å². The molecule has 0 fully saturated rings. The van der Waals surface area contributed by atoms with Crippen LogP contribution in [0.15, 0.2) is 35.1 Å². The molecule has 0 atom stereocenters. The van der Waals surface area contributed by atoms with Gasteiger partial charge in [-0.05, 0) is 19.1 Å². The second kappa shape index (κ2) is 4.75. The number of nitrogens with zero attached hydrogens (tertiary/aromatic N) is 1. The summed E-state index contributed by atoms with van der Waals surface area (Å²) in [5.74, 6) is -0.747. The number of benzene rings is 1. The van der Waals surface area contributed by atoms with Crippen molar-refractivity contribution in [1.29, 1.82) is 0 Å². The molecule has 1 amide bonds. The van der Waals surface area contributed by atoms with E-state index in [9.17, 15) is 18.0 Å². The summed E-state index contributed by atoms with van der Waals surface area (Å²) < 4.78 is 42.8. The first-order valence-electron chi connectivity index (χ1n) is 5.28. The first-order chi connectivity index (χ1) is 8.89. The molecule has 1 aromatic heterocycles. The lowest BCUT2D eigenvalue weighted by atomic mass is 10.1. The smallest absolute Gasteiger partial charge is 0.364 e. The summed E-state index contributed by atoms with van der Waals surface area (Å²) in [7, 11) is 0. The summed E-state index contributed by atoms with van der Waals surface area (Å²) in [6.45, 7) is 1.57. The lowest BCUT2D eigenvalue weighted by Gasteiger charge is -2.12. The van der Waals surface area contributed by atoms with Gasteiger partial charge in [-0.3, -0.25) is 4.79 Å². The van der Waals surface area contributed by atoms with E-state index in [2.05, 4.69) is 15.0 Å². The number of aryl methyl sites for hydroxylation is 1. The molecule has 0 bridgehead atoms. The predicted octanol–water partition coefficient (Wildman–Crippen LogP) is 3.25. The van der Waals surface area contributed by atoms with Gasteiger partial charge >= 0.3 is 6.18 Å². The van der Waals surface area contributed by atoms with E-state index in [0.717, 1.165) is 6.07 Å². The van der Waals surface area contributed by atoms with Gasteiger partial charge in [0.2, 0.25) is 0 Å². The molecule has 2 rings (SSSR count). The normalized spacial score (nSPS) is 11.4. The molecule has 0 spiro atoms. The fourth-order valence-electron chi connectivity index (χ4n) is 1.53. The molecule has 0 saturated carbocycles. The number of hydrogen-bond donors (Lipinski definition) is 1. The minimum absolute atomic E-state index is 0.0445. The van der Waals surface area contributed by atoms with E-state index < -0.39 is 17.6 Å². The maximum atomic E-state index is 12.7. The van der Waals surface area contributed by atoms with E-state index >= 15 is 0 Å². The zero-order chi connectivity index (χ0) is 14.0. The highest BCUT2D eigenvalue weighted by Crippen LogP contribution is 2.34. The topological polar surface area (TPSA) is 55.1 Å². The van der Waals surface area contributed by atoms with Gasteiger partial charge in [-0.15, -0.1) is 0 Å². The Bertz CT molecular complexity index is 605. The molecule has 7 heteroatoms. The van der Waals surface area contributed by atoms with Crippen LogP contribution < -0.4 is 5.32 Å². The maximum absolute atomic E-state index is 12.7. The maximum Gasteiger partial charge on any atom is 0.418 e. The van der Waals surface area contributed by atoms with Crippen molar-refractivity contribution in [2.24, 2.45) is 0 Å². The van der Waals surface area contributed by atoms with Crippen molar-refractivity contribution in [2.45, 2.75) is 13.1 Å². The summed E-state index contributed by atoms with van der Waals surface area (Å²) in [5, 5.41) is 5.61. The zero-order valence-corrected chi connectivity index (χ0v) is 9.78. The minimum Gasteiger partial charge on any atom is -0.364 e. The molecule has 100 valence electrons. The number of para-hydroxylation sites is 1.